The zero-order valence-electron chi connectivity index (χ0n) is 5.98. The molecule has 0 aliphatic heterocycles. The maximum Gasteiger partial charge on any atom is -0.0355 e. The first kappa shape index (κ1) is 11.9. The molecular formula is C6H16IP. The molecule has 0 saturated heterocycles. The van der Waals surface area contributed by atoms with E-state index in [1.807, 2.05) is 0 Å². The molecule has 0 nitrogen and oxygen atoms in total. The molecule has 0 heterocycles. The van der Waals surface area contributed by atoms with Crippen LogP contribution < -0.4 is 0 Å². The predicted octanol–water partition coefficient (Wildman–Crippen LogP) is 3.15. The maximum atomic E-state index is 2.29. The highest BCUT2D eigenvalue weighted by Gasteiger charge is 1.94. The number of halogens is 1. The van der Waals surface area contributed by atoms with E-state index in [1.165, 1.54) is 18.5 Å². The molecule has 0 radical (unpaired) electrons. The van der Waals surface area contributed by atoms with E-state index in [-0.39, 0.29) is 24.0 Å². The van der Waals surface area contributed by atoms with Crippen LogP contribution in [-0.4, -0.2) is 18.5 Å². The summed E-state index contributed by atoms with van der Waals surface area (Å²) >= 11 is 0. The summed E-state index contributed by atoms with van der Waals surface area (Å²) in [6.07, 6.45) is 4.26. The molecule has 2 heteroatoms. The molecule has 0 bridgehead atoms. The van der Waals surface area contributed by atoms with Crippen LogP contribution >= 0.6 is 31.9 Å². The normalized spacial score (nSPS) is 9.00. The van der Waals surface area contributed by atoms with Gasteiger partial charge in [0, 0.05) is 0 Å². The van der Waals surface area contributed by atoms with Gasteiger partial charge in [-0.15, -0.1) is 31.9 Å². The fourth-order valence-electron chi connectivity index (χ4n) is 0.671. The minimum Gasteiger partial charge on any atom is -0.108 e. The lowest BCUT2D eigenvalue weighted by Gasteiger charge is -2.07. The number of hydrogen-bond donors (Lipinski definition) is 0. The lowest BCUT2D eigenvalue weighted by Crippen LogP contribution is -1.83. The van der Waals surface area contributed by atoms with Crippen LogP contribution in [0.25, 0.3) is 0 Å². The quantitative estimate of drug-likeness (QED) is 0.530. The first-order valence-electron chi connectivity index (χ1n) is 3.07. The van der Waals surface area contributed by atoms with Gasteiger partial charge < -0.3 is 0 Å². The molecule has 8 heavy (non-hydrogen) atoms. The first-order chi connectivity index (χ1) is 3.35. The lowest BCUT2D eigenvalue weighted by atomic mass is 10.9. The van der Waals surface area contributed by atoms with Gasteiger partial charge in [-0.3, -0.25) is 0 Å². The summed E-state index contributed by atoms with van der Waals surface area (Å²) in [5.41, 5.74) is 0. The molecule has 0 fully saturated rings. The zero-order valence-corrected chi connectivity index (χ0v) is 9.20. The second-order valence-electron chi connectivity index (χ2n) is 1.62. The summed E-state index contributed by atoms with van der Waals surface area (Å²) in [6, 6.07) is 0. The monoisotopic (exact) mass is 246 g/mol. The van der Waals surface area contributed by atoms with E-state index in [0.29, 0.717) is 7.92 Å². The molecule has 0 aromatic heterocycles. The topological polar surface area (TPSA) is 0 Å². The Labute approximate surface area is 71.2 Å². The summed E-state index contributed by atoms with van der Waals surface area (Å²) in [4.78, 5) is 0. The minimum absolute atomic E-state index is 0. The molecular weight excluding hydrogens is 230 g/mol. The van der Waals surface area contributed by atoms with E-state index >= 15 is 0 Å². The molecule has 0 aliphatic rings. The molecule has 52 valence electrons. The largest absolute Gasteiger partial charge is 0.108 e. The summed E-state index contributed by atoms with van der Waals surface area (Å²) < 4.78 is 0. The molecule has 0 unspecified atom stereocenters. The smallest absolute Gasteiger partial charge is 0.0355 e. The van der Waals surface area contributed by atoms with E-state index in [9.17, 15) is 0 Å². The highest BCUT2D eigenvalue weighted by Crippen LogP contribution is 2.32. The Balaban J connectivity index is 0. The third kappa shape index (κ3) is 5.30. The summed E-state index contributed by atoms with van der Waals surface area (Å²) in [7, 11) is 0.446. The average Bonchev–Trinajstić information content (AvgIpc) is 1.72. The molecule has 0 N–H and O–H groups in total. The predicted molar refractivity (Wildman–Crippen MR) is 54.0 cm³/mol. The third-order valence-corrected chi connectivity index (χ3v) is 4.02. The second-order valence-corrected chi connectivity index (χ2v) is 4.86. The summed E-state index contributed by atoms with van der Waals surface area (Å²) in [6.45, 7) is 6.87. The van der Waals surface area contributed by atoms with Gasteiger partial charge in [0.25, 0.3) is 0 Å². The number of hydrogen-bond acceptors (Lipinski definition) is 0. The molecule has 0 aromatic rings. The van der Waals surface area contributed by atoms with Crippen LogP contribution in [0.2, 0.25) is 0 Å². The van der Waals surface area contributed by atoms with Crippen molar-refractivity contribution in [2.24, 2.45) is 0 Å². The SMILES string of the molecule is CCP(CC)CC.I. The minimum atomic E-state index is 0. The average molecular weight is 246 g/mol. The zero-order chi connectivity index (χ0) is 5.70. The van der Waals surface area contributed by atoms with Gasteiger partial charge >= 0.3 is 0 Å². The molecule has 0 atom stereocenters. The van der Waals surface area contributed by atoms with Gasteiger partial charge in [-0.1, -0.05) is 20.8 Å². The van der Waals surface area contributed by atoms with Crippen LogP contribution in [0.15, 0.2) is 0 Å². The molecule has 0 aromatic carbocycles. The van der Waals surface area contributed by atoms with Crippen molar-refractivity contribution in [1.29, 1.82) is 0 Å². The van der Waals surface area contributed by atoms with E-state index in [2.05, 4.69) is 20.8 Å². The molecule has 0 saturated carbocycles. The van der Waals surface area contributed by atoms with Gasteiger partial charge in [-0.2, -0.15) is 0 Å². The van der Waals surface area contributed by atoms with Gasteiger partial charge in [-0.25, -0.2) is 0 Å². The number of rotatable bonds is 3. The van der Waals surface area contributed by atoms with Gasteiger partial charge in [0.15, 0.2) is 0 Å². The Morgan fingerprint density at radius 3 is 1.12 bits per heavy atom. The van der Waals surface area contributed by atoms with Gasteiger partial charge in [-0.05, 0) is 18.5 Å². The Hall–Kier alpha value is 1.16. The Bertz CT molecular complexity index is 30.0. The summed E-state index contributed by atoms with van der Waals surface area (Å²) in [5, 5.41) is 0. The maximum absolute atomic E-state index is 2.29. The Kier molecular flexibility index (Phi) is 12.1. The van der Waals surface area contributed by atoms with Crippen LogP contribution in [0.4, 0.5) is 0 Å². The van der Waals surface area contributed by atoms with Crippen LogP contribution in [0.5, 0.6) is 0 Å². The van der Waals surface area contributed by atoms with E-state index in [4.69, 9.17) is 0 Å². The van der Waals surface area contributed by atoms with Crippen molar-refractivity contribution < 1.29 is 0 Å². The standard InChI is InChI=1S/C6H15P.HI/c1-4-7(5-2)6-3;/h4-6H2,1-3H3;1H. The van der Waals surface area contributed by atoms with Gasteiger partial charge in [0.1, 0.15) is 0 Å². The fourth-order valence-corrected chi connectivity index (χ4v) is 2.01. The highest BCUT2D eigenvalue weighted by atomic mass is 127. The van der Waals surface area contributed by atoms with Crippen molar-refractivity contribution in [2.45, 2.75) is 20.8 Å². The van der Waals surface area contributed by atoms with Crippen molar-refractivity contribution >= 4 is 31.9 Å². The fraction of sp³-hybridized carbons (Fsp3) is 1.00. The first-order valence-corrected chi connectivity index (χ1v) is 4.97. The van der Waals surface area contributed by atoms with Crippen molar-refractivity contribution in [2.75, 3.05) is 18.5 Å². The molecule has 0 spiro atoms. The van der Waals surface area contributed by atoms with Crippen LogP contribution in [0.3, 0.4) is 0 Å². The molecule has 0 amide bonds. The summed E-state index contributed by atoms with van der Waals surface area (Å²) in [5.74, 6) is 0. The second kappa shape index (κ2) is 8.16. The van der Waals surface area contributed by atoms with E-state index in [1.54, 1.807) is 0 Å². The highest BCUT2D eigenvalue weighted by molar-refractivity contribution is 14.0. The van der Waals surface area contributed by atoms with Crippen molar-refractivity contribution in [3.8, 4) is 0 Å². The van der Waals surface area contributed by atoms with Crippen molar-refractivity contribution in [1.82, 2.24) is 0 Å². The van der Waals surface area contributed by atoms with Crippen LogP contribution in [-0.2, 0) is 0 Å². The molecule has 0 rings (SSSR count). The third-order valence-electron chi connectivity index (χ3n) is 1.34. The van der Waals surface area contributed by atoms with E-state index < -0.39 is 0 Å². The Morgan fingerprint density at radius 2 is 1.12 bits per heavy atom. The Morgan fingerprint density at radius 1 is 0.875 bits per heavy atom. The van der Waals surface area contributed by atoms with Crippen molar-refractivity contribution in [3.05, 3.63) is 0 Å². The van der Waals surface area contributed by atoms with Crippen LogP contribution in [0, 0.1) is 0 Å². The van der Waals surface area contributed by atoms with E-state index in [0.717, 1.165) is 0 Å². The van der Waals surface area contributed by atoms with Gasteiger partial charge in [0.05, 0.1) is 0 Å². The van der Waals surface area contributed by atoms with Crippen molar-refractivity contribution in [3.63, 3.8) is 0 Å². The lowest BCUT2D eigenvalue weighted by molar-refractivity contribution is 1.35. The van der Waals surface area contributed by atoms with Crippen LogP contribution in [0.1, 0.15) is 20.8 Å². The molecule has 0 aliphatic carbocycles. The van der Waals surface area contributed by atoms with Gasteiger partial charge in [0.2, 0.25) is 0 Å².